The fourth-order valence-electron chi connectivity index (χ4n) is 2.39. The first-order chi connectivity index (χ1) is 13.3. The fourth-order valence-corrected chi connectivity index (χ4v) is 2.93. The van der Waals surface area contributed by atoms with Crippen molar-refractivity contribution in [3.8, 4) is 17.2 Å². The predicted octanol–water partition coefficient (Wildman–Crippen LogP) is 2.40. The standard InChI is InChI=1S/C19H22N2O6S/c1-4-5-13-6-8-17(18(10-13)26-3)27-12-19(22)21-15-11-14(28(20,23)24)7-9-16(15)25-2/h4-11H,12H2,1-3H3,(H,21,22)(H2,20,23,24). The molecule has 0 spiro atoms. The van der Waals surface area contributed by atoms with Crippen LogP contribution in [0.4, 0.5) is 5.69 Å². The number of ether oxygens (including phenoxy) is 3. The highest BCUT2D eigenvalue weighted by Gasteiger charge is 2.15. The third kappa shape index (κ3) is 5.48. The molecule has 3 N–H and O–H groups in total. The smallest absolute Gasteiger partial charge is 0.262 e. The quantitative estimate of drug-likeness (QED) is 0.695. The van der Waals surface area contributed by atoms with Gasteiger partial charge in [0.25, 0.3) is 5.91 Å². The molecule has 9 heteroatoms. The van der Waals surface area contributed by atoms with E-state index in [-0.39, 0.29) is 22.9 Å². The van der Waals surface area contributed by atoms with Crippen molar-refractivity contribution >= 4 is 27.7 Å². The molecule has 0 atom stereocenters. The predicted molar refractivity (Wildman–Crippen MR) is 106 cm³/mol. The van der Waals surface area contributed by atoms with Crippen LogP contribution in [0.25, 0.3) is 6.08 Å². The summed E-state index contributed by atoms with van der Waals surface area (Å²) < 4.78 is 38.9. The second-order valence-electron chi connectivity index (χ2n) is 5.65. The van der Waals surface area contributed by atoms with E-state index in [4.69, 9.17) is 19.3 Å². The maximum Gasteiger partial charge on any atom is 0.262 e. The van der Waals surface area contributed by atoms with Gasteiger partial charge in [-0.2, -0.15) is 0 Å². The number of carbonyl (C=O) groups excluding carboxylic acids is 1. The molecule has 0 aromatic heterocycles. The number of carbonyl (C=O) groups is 1. The van der Waals surface area contributed by atoms with Crippen LogP contribution in [0.1, 0.15) is 12.5 Å². The van der Waals surface area contributed by atoms with Crippen molar-refractivity contribution in [3.05, 3.63) is 48.0 Å². The number of benzene rings is 2. The molecular weight excluding hydrogens is 384 g/mol. The lowest BCUT2D eigenvalue weighted by Gasteiger charge is -2.13. The topological polar surface area (TPSA) is 117 Å². The van der Waals surface area contributed by atoms with Gasteiger partial charge in [-0.1, -0.05) is 18.2 Å². The molecule has 150 valence electrons. The Morgan fingerprint density at radius 2 is 1.75 bits per heavy atom. The summed E-state index contributed by atoms with van der Waals surface area (Å²) in [6, 6.07) is 9.22. The summed E-state index contributed by atoms with van der Waals surface area (Å²) in [7, 11) is -1.02. The van der Waals surface area contributed by atoms with Crippen molar-refractivity contribution in [1.82, 2.24) is 0 Å². The molecule has 0 heterocycles. The van der Waals surface area contributed by atoms with Gasteiger partial charge in [0.2, 0.25) is 10.0 Å². The Labute approximate surface area is 164 Å². The molecule has 0 aliphatic rings. The van der Waals surface area contributed by atoms with Gasteiger partial charge in [-0.3, -0.25) is 4.79 Å². The lowest BCUT2D eigenvalue weighted by molar-refractivity contribution is -0.118. The van der Waals surface area contributed by atoms with Gasteiger partial charge >= 0.3 is 0 Å². The van der Waals surface area contributed by atoms with Crippen LogP contribution in [-0.2, 0) is 14.8 Å². The normalized spacial score (nSPS) is 11.3. The zero-order valence-corrected chi connectivity index (χ0v) is 16.6. The summed E-state index contributed by atoms with van der Waals surface area (Å²) in [6.07, 6.45) is 3.80. The minimum Gasteiger partial charge on any atom is -0.495 e. The van der Waals surface area contributed by atoms with Gasteiger partial charge in [-0.15, -0.1) is 0 Å². The van der Waals surface area contributed by atoms with Crippen LogP contribution in [0.2, 0.25) is 0 Å². The van der Waals surface area contributed by atoms with E-state index in [0.717, 1.165) is 5.56 Å². The lowest BCUT2D eigenvalue weighted by Crippen LogP contribution is -2.21. The van der Waals surface area contributed by atoms with E-state index in [1.807, 2.05) is 25.1 Å². The van der Waals surface area contributed by atoms with E-state index in [1.165, 1.54) is 32.4 Å². The molecule has 0 fully saturated rings. The number of rotatable bonds is 8. The summed E-state index contributed by atoms with van der Waals surface area (Å²) in [5.41, 5.74) is 1.10. The van der Waals surface area contributed by atoms with Gasteiger partial charge in [0.05, 0.1) is 24.8 Å². The summed E-state index contributed by atoms with van der Waals surface area (Å²) in [5.74, 6) is 0.659. The second-order valence-corrected chi connectivity index (χ2v) is 7.22. The number of allylic oxidation sites excluding steroid dienone is 1. The summed E-state index contributed by atoms with van der Waals surface area (Å²) in [6.45, 7) is 1.59. The van der Waals surface area contributed by atoms with E-state index in [1.54, 1.807) is 12.1 Å². The molecule has 0 aliphatic carbocycles. The summed E-state index contributed by atoms with van der Waals surface area (Å²) in [5, 5.41) is 7.68. The molecule has 0 saturated carbocycles. The van der Waals surface area contributed by atoms with E-state index in [0.29, 0.717) is 11.5 Å². The molecule has 0 aliphatic heterocycles. The SMILES string of the molecule is CC=Cc1ccc(OCC(=O)Nc2cc(S(N)(=O)=O)ccc2OC)c(OC)c1. The van der Waals surface area contributed by atoms with Crippen LogP contribution < -0.4 is 24.7 Å². The average Bonchev–Trinajstić information content (AvgIpc) is 2.66. The van der Waals surface area contributed by atoms with Crippen molar-refractivity contribution < 1.29 is 27.4 Å². The summed E-state index contributed by atoms with van der Waals surface area (Å²) >= 11 is 0. The monoisotopic (exact) mass is 406 g/mol. The highest BCUT2D eigenvalue weighted by Crippen LogP contribution is 2.29. The molecule has 2 rings (SSSR count). The highest BCUT2D eigenvalue weighted by atomic mass is 32.2. The number of primary sulfonamides is 1. The molecule has 2 aromatic carbocycles. The van der Waals surface area contributed by atoms with Gasteiger partial charge in [0, 0.05) is 0 Å². The third-order valence-electron chi connectivity index (χ3n) is 3.68. The first-order valence-corrected chi connectivity index (χ1v) is 9.77. The number of amides is 1. The Bertz CT molecular complexity index is 986. The first kappa shape index (κ1) is 21.3. The second kappa shape index (κ2) is 9.25. The van der Waals surface area contributed by atoms with Crippen molar-refractivity contribution in [3.63, 3.8) is 0 Å². The van der Waals surface area contributed by atoms with E-state index in [2.05, 4.69) is 5.32 Å². The lowest BCUT2D eigenvalue weighted by atomic mass is 10.2. The van der Waals surface area contributed by atoms with Gasteiger partial charge in [0.1, 0.15) is 5.75 Å². The van der Waals surface area contributed by atoms with Crippen LogP contribution >= 0.6 is 0 Å². The van der Waals surface area contributed by atoms with Crippen LogP contribution in [0.5, 0.6) is 17.2 Å². The third-order valence-corrected chi connectivity index (χ3v) is 4.59. The van der Waals surface area contributed by atoms with Crippen molar-refractivity contribution in [2.24, 2.45) is 5.14 Å². The number of hydrogen-bond acceptors (Lipinski definition) is 6. The van der Waals surface area contributed by atoms with E-state index >= 15 is 0 Å². The molecule has 28 heavy (non-hydrogen) atoms. The maximum atomic E-state index is 12.3. The van der Waals surface area contributed by atoms with Gasteiger partial charge in [-0.25, -0.2) is 13.6 Å². The Morgan fingerprint density at radius 3 is 2.36 bits per heavy atom. The Morgan fingerprint density at radius 1 is 1.07 bits per heavy atom. The number of methoxy groups -OCH3 is 2. The maximum absolute atomic E-state index is 12.3. The van der Waals surface area contributed by atoms with Crippen molar-refractivity contribution in [2.45, 2.75) is 11.8 Å². The largest absolute Gasteiger partial charge is 0.495 e. The molecule has 2 aromatic rings. The zero-order valence-electron chi connectivity index (χ0n) is 15.8. The number of nitrogens with one attached hydrogen (secondary N) is 1. The number of nitrogens with two attached hydrogens (primary N) is 1. The average molecular weight is 406 g/mol. The van der Waals surface area contributed by atoms with Crippen LogP contribution in [0, 0.1) is 0 Å². The van der Waals surface area contributed by atoms with Crippen LogP contribution in [-0.4, -0.2) is 35.2 Å². The van der Waals surface area contributed by atoms with Gasteiger partial charge in [-0.05, 0) is 42.8 Å². The fraction of sp³-hybridized carbons (Fsp3) is 0.211. The number of sulfonamides is 1. The Balaban J connectivity index is 2.13. The van der Waals surface area contributed by atoms with Gasteiger partial charge < -0.3 is 19.5 Å². The van der Waals surface area contributed by atoms with Crippen LogP contribution in [0.15, 0.2) is 47.4 Å². The number of anilines is 1. The summed E-state index contributed by atoms with van der Waals surface area (Å²) in [4.78, 5) is 12.1. The molecule has 0 saturated heterocycles. The molecule has 8 nitrogen and oxygen atoms in total. The minimum absolute atomic E-state index is 0.147. The molecule has 0 unspecified atom stereocenters. The number of hydrogen-bond donors (Lipinski definition) is 2. The minimum atomic E-state index is -3.92. The van der Waals surface area contributed by atoms with Crippen molar-refractivity contribution in [1.29, 1.82) is 0 Å². The molecule has 0 radical (unpaired) electrons. The van der Waals surface area contributed by atoms with E-state index in [9.17, 15) is 13.2 Å². The van der Waals surface area contributed by atoms with Crippen LogP contribution in [0.3, 0.4) is 0 Å². The zero-order chi connectivity index (χ0) is 20.7. The first-order valence-electron chi connectivity index (χ1n) is 8.22. The molecule has 0 bridgehead atoms. The molecule has 1 amide bonds. The van der Waals surface area contributed by atoms with Gasteiger partial charge in [0.15, 0.2) is 18.1 Å². The molecular formula is C19H22N2O6S. The Hall–Kier alpha value is -3.04. The Kier molecular flexibility index (Phi) is 7.02. The van der Waals surface area contributed by atoms with E-state index < -0.39 is 15.9 Å². The van der Waals surface area contributed by atoms with Crippen molar-refractivity contribution in [2.75, 3.05) is 26.1 Å². The highest BCUT2D eigenvalue weighted by molar-refractivity contribution is 7.89.